The number of aryl methyl sites for hydroxylation is 1. The van der Waals surface area contributed by atoms with Crippen LogP contribution in [0.4, 0.5) is 18.9 Å². The maximum Gasteiger partial charge on any atom is 0.433 e. The first-order valence-electron chi connectivity index (χ1n) is 12.3. The van der Waals surface area contributed by atoms with Crippen molar-refractivity contribution < 1.29 is 27.2 Å². The second-order valence-electron chi connectivity index (χ2n) is 9.13. The summed E-state index contributed by atoms with van der Waals surface area (Å²) in [6.07, 6.45) is -0.911. The molecule has 2 N–H and O–H groups in total. The number of benzene rings is 2. The van der Waals surface area contributed by atoms with Crippen molar-refractivity contribution in [3.63, 3.8) is 0 Å². The highest BCUT2D eigenvalue weighted by Gasteiger charge is 2.36. The van der Waals surface area contributed by atoms with Crippen molar-refractivity contribution in [3.05, 3.63) is 102 Å². The van der Waals surface area contributed by atoms with Gasteiger partial charge in [-0.05, 0) is 29.0 Å². The topological polar surface area (TPSA) is 119 Å². The molecule has 0 aliphatic rings. The summed E-state index contributed by atoms with van der Waals surface area (Å²) in [6, 6.07) is 16.7. The molecule has 0 fully saturated rings. The summed E-state index contributed by atoms with van der Waals surface area (Å²) < 4.78 is 49.6. The van der Waals surface area contributed by atoms with Crippen LogP contribution in [0.15, 0.2) is 83.7 Å². The Balaban J connectivity index is 1.38. The molecule has 2 amide bonds. The molecule has 4 heterocycles. The molecule has 13 heteroatoms. The van der Waals surface area contributed by atoms with E-state index < -0.39 is 23.7 Å². The van der Waals surface area contributed by atoms with Gasteiger partial charge in [-0.3, -0.25) is 14.3 Å². The lowest BCUT2D eigenvalue weighted by Gasteiger charge is -2.13. The number of hydrogen-bond donors (Lipinski definition) is 2. The number of furan rings is 1. The molecule has 41 heavy (non-hydrogen) atoms. The van der Waals surface area contributed by atoms with Crippen LogP contribution in [-0.4, -0.2) is 36.2 Å². The molecule has 2 aromatic carbocycles. The Bertz CT molecular complexity index is 1920. The van der Waals surface area contributed by atoms with Gasteiger partial charge >= 0.3 is 6.18 Å². The number of hydrogen-bond acceptors (Lipinski definition) is 6. The Morgan fingerprint density at radius 2 is 1.83 bits per heavy atom. The minimum atomic E-state index is -4.79. The van der Waals surface area contributed by atoms with Gasteiger partial charge in [-0.25, -0.2) is 9.50 Å². The van der Waals surface area contributed by atoms with E-state index in [-0.39, 0.29) is 34.8 Å². The van der Waals surface area contributed by atoms with Crippen LogP contribution in [0.3, 0.4) is 0 Å². The maximum absolute atomic E-state index is 14.2. The number of nitrogens with zero attached hydrogens (tertiary/aromatic N) is 5. The lowest BCUT2D eigenvalue weighted by atomic mass is 10.0. The van der Waals surface area contributed by atoms with Crippen LogP contribution in [-0.2, 0) is 19.8 Å². The standard InChI is InChI=1S/C28H20F3N7O3/c1-37-15-22(24(36-37)27(40)32-13-17-8-5-11-41-17)35-26(39)20-14-33-38-23(28(29,30)31)12-21(34-25(20)38)19-10-4-7-16-6-2-3-9-18(16)19/h2-12,14-15H,13H2,1H3,(H,32,40)(H,35,39). The number of carbonyl (C=O) groups is 2. The van der Waals surface area contributed by atoms with Gasteiger partial charge in [-0.2, -0.15) is 23.4 Å². The third kappa shape index (κ3) is 4.88. The van der Waals surface area contributed by atoms with Crippen molar-refractivity contribution in [2.45, 2.75) is 12.7 Å². The lowest BCUT2D eigenvalue weighted by Crippen LogP contribution is -2.25. The highest BCUT2D eigenvalue weighted by atomic mass is 19.4. The van der Waals surface area contributed by atoms with E-state index in [2.05, 4.69) is 25.8 Å². The van der Waals surface area contributed by atoms with Crippen molar-refractivity contribution in [2.75, 3.05) is 5.32 Å². The second-order valence-corrected chi connectivity index (χ2v) is 9.13. The molecule has 6 rings (SSSR count). The van der Waals surface area contributed by atoms with E-state index in [0.717, 1.165) is 17.6 Å². The fourth-order valence-corrected chi connectivity index (χ4v) is 4.51. The zero-order valence-corrected chi connectivity index (χ0v) is 21.3. The quantitative estimate of drug-likeness (QED) is 0.294. The zero-order valence-electron chi connectivity index (χ0n) is 21.3. The third-order valence-corrected chi connectivity index (χ3v) is 6.37. The van der Waals surface area contributed by atoms with Crippen molar-refractivity contribution in [2.24, 2.45) is 7.05 Å². The Kier molecular flexibility index (Phi) is 6.25. The predicted molar refractivity (Wildman–Crippen MR) is 142 cm³/mol. The summed E-state index contributed by atoms with van der Waals surface area (Å²) in [4.78, 5) is 30.6. The van der Waals surface area contributed by atoms with Crippen molar-refractivity contribution >= 4 is 33.9 Å². The Hall–Kier alpha value is -5.46. The smallest absolute Gasteiger partial charge is 0.433 e. The normalized spacial score (nSPS) is 11.7. The summed E-state index contributed by atoms with van der Waals surface area (Å²) in [6.45, 7) is 0.0882. The summed E-state index contributed by atoms with van der Waals surface area (Å²) in [7, 11) is 1.56. The van der Waals surface area contributed by atoms with Crippen LogP contribution in [0, 0.1) is 0 Å². The van der Waals surface area contributed by atoms with Crippen LogP contribution in [0.1, 0.15) is 32.3 Å². The van der Waals surface area contributed by atoms with Gasteiger partial charge in [0.15, 0.2) is 17.0 Å². The molecule has 206 valence electrons. The summed E-state index contributed by atoms with van der Waals surface area (Å²) in [5, 5.41) is 14.7. The Morgan fingerprint density at radius 3 is 2.61 bits per heavy atom. The van der Waals surface area contributed by atoms with E-state index in [1.54, 1.807) is 43.4 Å². The molecular weight excluding hydrogens is 539 g/mol. The van der Waals surface area contributed by atoms with Gasteiger partial charge in [0.05, 0.1) is 30.4 Å². The minimum absolute atomic E-state index is 0.0237. The van der Waals surface area contributed by atoms with E-state index in [1.165, 1.54) is 17.1 Å². The first-order valence-corrected chi connectivity index (χ1v) is 12.3. The van der Waals surface area contributed by atoms with Crippen LogP contribution in [0.25, 0.3) is 27.7 Å². The molecule has 0 radical (unpaired) electrons. The fourth-order valence-electron chi connectivity index (χ4n) is 4.51. The average molecular weight is 560 g/mol. The van der Waals surface area contributed by atoms with E-state index in [0.29, 0.717) is 21.2 Å². The highest BCUT2D eigenvalue weighted by molar-refractivity contribution is 6.11. The maximum atomic E-state index is 14.2. The largest absolute Gasteiger partial charge is 0.467 e. The number of aromatic nitrogens is 5. The van der Waals surface area contributed by atoms with Crippen LogP contribution in [0.5, 0.6) is 0 Å². The van der Waals surface area contributed by atoms with E-state index in [9.17, 15) is 22.8 Å². The summed E-state index contributed by atoms with van der Waals surface area (Å²) in [5.41, 5.74) is -1.17. The number of anilines is 1. The highest BCUT2D eigenvalue weighted by Crippen LogP contribution is 2.35. The number of halogens is 3. The Morgan fingerprint density at radius 1 is 1.02 bits per heavy atom. The molecule has 0 saturated heterocycles. The third-order valence-electron chi connectivity index (χ3n) is 6.37. The van der Waals surface area contributed by atoms with Gasteiger partial charge in [0, 0.05) is 18.8 Å². The monoisotopic (exact) mass is 559 g/mol. The first-order chi connectivity index (χ1) is 19.7. The molecule has 0 unspecified atom stereocenters. The van der Waals surface area contributed by atoms with Gasteiger partial charge in [-0.15, -0.1) is 0 Å². The molecule has 0 atom stereocenters. The Labute approximate surface area is 229 Å². The average Bonchev–Trinajstić information content (AvgIpc) is 3.70. The van der Waals surface area contributed by atoms with Gasteiger partial charge in [-0.1, -0.05) is 42.5 Å². The molecule has 0 aliphatic heterocycles. The lowest BCUT2D eigenvalue weighted by molar-refractivity contribution is -0.142. The first kappa shape index (κ1) is 25.8. The molecule has 4 aromatic heterocycles. The SMILES string of the molecule is Cn1cc(NC(=O)c2cnn3c(C(F)(F)F)cc(-c4cccc5ccccc45)nc23)c(C(=O)NCc2ccco2)n1. The van der Waals surface area contributed by atoms with Crippen LogP contribution in [0.2, 0.25) is 0 Å². The van der Waals surface area contributed by atoms with Gasteiger partial charge in [0.2, 0.25) is 0 Å². The zero-order chi connectivity index (χ0) is 28.7. The van der Waals surface area contributed by atoms with Crippen molar-refractivity contribution in [1.82, 2.24) is 29.7 Å². The van der Waals surface area contributed by atoms with Crippen molar-refractivity contribution in [3.8, 4) is 11.3 Å². The van der Waals surface area contributed by atoms with E-state index in [1.807, 2.05) is 18.2 Å². The second kappa shape index (κ2) is 9.93. The van der Waals surface area contributed by atoms with Crippen LogP contribution >= 0.6 is 0 Å². The van der Waals surface area contributed by atoms with Gasteiger partial charge < -0.3 is 15.1 Å². The molecule has 0 aliphatic carbocycles. The summed E-state index contributed by atoms with van der Waals surface area (Å²) >= 11 is 0. The number of alkyl halides is 3. The molecule has 10 nitrogen and oxygen atoms in total. The number of rotatable bonds is 6. The number of carbonyl (C=O) groups excluding carboxylic acids is 2. The molecular formula is C28H20F3N7O3. The van der Waals surface area contributed by atoms with Gasteiger partial charge in [0.1, 0.15) is 11.3 Å². The van der Waals surface area contributed by atoms with Gasteiger partial charge in [0.25, 0.3) is 11.8 Å². The minimum Gasteiger partial charge on any atom is -0.467 e. The van der Waals surface area contributed by atoms with E-state index >= 15 is 0 Å². The van der Waals surface area contributed by atoms with E-state index in [4.69, 9.17) is 4.42 Å². The molecule has 0 spiro atoms. The predicted octanol–water partition coefficient (Wildman–Crippen LogP) is 5.08. The van der Waals surface area contributed by atoms with Crippen LogP contribution < -0.4 is 10.6 Å². The molecule has 0 bridgehead atoms. The summed E-state index contributed by atoms with van der Waals surface area (Å²) in [5.74, 6) is -0.892. The molecule has 0 saturated carbocycles. The number of amides is 2. The number of nitrogens with one attached hydrogen (secondary N) is 2. The molecule has 6 aromatic rings. The number of fused-ring (bicyclic) bond motifs is 2. The van der Waals surface area contributed by atoms with Crippen molar-refractivity contribution in [1.29, 1.82) is 0 Å². The fraction of sp³-hybridized carbons (Fsp3) is 0.107.